The molecule has 7 heteroatoms. The first-order chi connectivity index (χ1) is 9.08. The molecular weight excluding hydrogens is 340 g/mol. The Morgan fingerprint density at radius 2 is 2.05 bits per heavy atom. The van der Waals surface area contributed by atoms with Crippen molar-refractivity contribution in [2.75, 3.05) is 5.32 Å². The van der Waals surface area contributed by atoms with Crippen LogP contribution >= 0.6 is 27.3 Å². The van der Waals surface area contributed by atoms with Crippen LogP contribution in [0.15, 0.2) is 40.2 Å². The van der Waals surface area contributed by atoms with E-state index in [1.54, 1.807) is 23.6 Å². The van der Waals surface area contributed by atoms with Crippen LogP contribution in [0.1, 0.15) is 9.67 Å². The molecule has 0 saturated carbocycles. The molecule has 0 saturated heterocycles. The molecule has 3 nitrogen and oxygen atoms in total. The summed E-state index contributed by atoms with van der Waals surface area (Å²) >= 11 is 4.49. The van der Waals surface area contributed by atoms with Crippen molar-refractivity contribution in [1.82, 2.24) is 0 Å². The van der Waals surface area contributed by atoms with Crippen molar-refractivity contribution < 1.29 is 18.3 Å². The Kier molecular flexibility index (Phi) is 4.49. The summed E-state index contributed by atoms with van der Waals surface area (Å²) in [5.74, 6) is -0.453. The lowest BCUT2D eigenvalue weighted by molar-refractivity contribution is -0.0493. The maximum atomic E-state index is 12.2. The van der Waals surface area contributed by atoms with Crippen molar-refractivity contribution in [3.05, 3.63) is 45.1 Å². The van der Waals surface area contributed by atoms with Crippen LogP contribution in [0.25, 0.3) is 0 Å². The molecule has 1 heterocycles. The number of anilines is 1. The molecule has 0 radical (unpaired) electrons. The fraction of sp³-hybridized carbons (Fsp3) is 0.0833. The summed E-state index contributed by atoms with van der Waals surface area (Å²) in [5, 5.41) is 4.29. The normalized spacial score (nSPS) is 10.5. The lowest BCUT2D eigenvalue weighted by Crippen LogP contribution is -2.13. The molecule has 1 aromatic carbocycles. The smallest absolute Gasteiger partial charge is 0.387 e. The van der Waals surface area contributed by atoms with Gasteiger partial charge in [0.1, 0.15) is 10.6 Å². The first-order valence-electron chi connectivity index (χ1n) is 5.16. The highest BCUT2D eigenvalue weighted by molar-refractivity contribution is 9.10. The van der Waals surface area contributed by atoms with Crippen molar-refractivity contribution in [3.63, 3.8) is 0 Å². The average molecular weight is 348 g/mol. The van der Waals surface area contributed by atoms with Crippen molar-refractivity contribution in [2.45, 2.75) is 6.61 Å². The van der Waals surface area contributed by atoms with Crippen LogP contribution in [0.3, 0.4) is 0 Å². The molecule has 0 aliphatic carbocycles. The zero-order valence-electron chi connectivity index (χ0n) is 9.40. The highest BCUT2D eigenvalue weighted by Crippen LogP contribution is 2.28. The van der Waals surface area contributed by atoms with Gasteiger partial charge in [0.2, 0.25) is 0 Å². The number of benzene rings is 1. The fourth-order valence-corrected chi connectivity index (χ4v) is 2.85. The van der Waals surface area contributed by atoms with E-state index in [1.165, 1.54) is 23.5 Å². The number of amides is 1. The minimum atomic E-state index is -2.94. The summed E-state index contributed by atoms with van der Waals surface area (Å²) < 4.78 is 29.5. The Bertz CT molecular complexity index is 589. The van der Waals surface area contributed by atoms with Crippen molar-refractivity contribution >= 4 is 38.9 Å². The van der Waals surface area contributed by atoms with E-state index in [1.807, 2.05) is 0 Å². The van der Waals surface area contributed by atoms with E-state index < -0.39 is 6.61 Å². The monoisotopic (exact) mass is 347 g/mol. The lowest BCUT2D eigenvalue weighted by atomic mass is 10.3. The maximum absolute atomic E-state index is 12.2. The molecule has 2 aromatic rings. The van der Waals surface area contributed by atoms with E-state index in [0.29, 0.717) is 9.35 Å². The average Bonchev–Trinajstić information content (AvgIpc) is 2.77. The maximum Gasteiger partial charge on any atom is 0.387 e. The summed E-state index contributed by atoms with van der Waals surface area (Å²) in [5.41, 5.74) is 0.202. The molecule has 2 rings (SSSR count). The molecular formula is C12H8BrF2NO2S. The zero-order chi connectivity index (χ0) is 13.8. The van der Waals surface area contributed by atoms with Crippen LogP contribution in [0, 0.1) is 0 Å². The fourth-order valence-electron chi connectivity index (χ4n) is 1.40. The highest BCUT2D eigenvalue weighted by Gasteiger charge is 2.15. The largest absolute Gasteiger partial charge is 0.433 e. The van der Waals surface area contributed by atoms with Crippen LogP contribution in [0.5, 0.6) is 5.75 Å². The minimum Gasteiger partial charge on any atom is -0.433 e. The van der Waals surface area contributed by atoms with Gasteiger partial charge >= 0.3 is 6.61 Å². The molecule has 0 aliphatic heterocycles. The molecule has 0 fully saturated rings. The van der Waals surface area contributed by atoms with Gasteiger partial charge in [-0.05, 0) is 39.5 Å². The molecule has 0 bridgehead atoms. The third-order valence-electron chi connectivity index (χ3n) is 2.17. The SMILES string of the molecule is O=C(Nc1ccccc1OC(F)F)c1sccc1Br. The molecule has 1 amide bonds. The van der Waals surface area contributed by atoms with Gasteiger partial charge in [-0.1, -0.05) is 12.1 Å². The molecule has 19 heavy (non-hydrogen) atoms. The second-order valence-corrected chi connectivity index (χ2v) is 5.20. The Morgan fingerprint density at radius 1 is 1.32 bits per heavy atom. The van der Waals surface area contributed by atoms with E-state index in [9.17, 15) is 13.6 Å². The van der Waals surface area contributed by atoms with E-state index >= 15 is 0 Å². The van der Waals surface area contributed by atoms with E-state index in [2.05, 4.69) is 26.0 Å². The van der Waals surface area contributed by atoms with E-state index in [4.69, 9.17) is 0 Å². The van der Waals surface area contributed by atoms with Gasteiger partial charge in [0.25, 0.3) is 5.91 Å². The number of ether oxygens (including phenoxy) is 1. The van der Waals surface area contributed by atoms with Crippen LogP contribution in [0.2, 0.25) is 0 Å². The quantitative estimate of drug-likeness (QED) is 0.891. The zero-order valence-corrected chi connectivity index (χ0v) is 11.8. The Morgan fingerprint density at radius 3 is 2.68 bits per heavy atom. The van der Waals surface area contributed by atoms with Crippen LogP contribution in [0.4, 0.5) is 14.5 Å². The Balaban J connectivity index is 2.19. The number of rotatable bonds is 4. The molecule has 0 unspecified atom stereocenters. The van der Waals surface area contributed by atoms with Crippen LogP contribution < -0.4 is 10.1 Å². The van der Waals surface area contributed by atoms with Crippen LogP contribution in [-0.2, 0) is 0 Å². The standard InChI is InChI=1S/C12H8BrF2NO2S/c13-7-5-6-19-10(7)11(17)16-8-3-1-2-4-9(8)18-12(14)15/h1-6,12H,(H,16,17). The summed E-state index contributed by atoms with van der Waals surface area (Å²) in [6, 6.07) is 7.77. The summed E-state index contributed by atoms with van der Waals surface area (Å²) in [6.07, 6.45) is 0. The van der Waals surface area contributed by atoms with Gasteiger partial charge in [0, 0.05) is 4.47 Å². The number of hydrogen-bond donors (Lipinski definition) is 1. The Labute approximate surface area is 120 Å². The topological polar surface area (TPSA) is 38.3 Å². The number of carbonyl (C=O) groups is 1. The van der Waals surface area contributed by atoms with Crippen LogP contribution in [-0.4, -0.2) is 12.5 Å². The number of nitrogens with one attached hydrogen (secondary N) is 1. The molecule has 0 spiro atoms. The summed E-state index contributed by atoms with van der Waals surface area (Å²) in [6.45, 7) is -2.94. The van der Waals surface area contributed by atoms with Gasteiger partial charge in [0.15, 0.2) is 0 Å². The number of alkyl halides is 2. The van der Waals surface area contributed by atoms with Gasteiger partial charge in [-0.25, -0.2) is 0 Å². The minimum absolute atomic E-state index is 0.0708. The first-order valence-corrected chi connectivity index (χ1v) is 6.83. The predicted octanol–water partition coefficient (Wildman–Crippen LogP) is 4.36. The van der Waals surface area contributed by atoms with Gasteiger partial charge < -0.3 is 10.1 Å². The first kappa shape index (κ1) is 14.0. The Hall–Kier alpha value is -1.47. The summed E-state index contributed by atoms with van der Waals surface area (Å²) in [7, 11) is 0. The van der Waals surface area contributed by atoms with E-state index in [-0.39, 0.29) is 17.3 Å². The number of para-hydroxylation sites is 2. The molecule has 100 valence electrons. The van der Waals surface area contributed by atoms with Crippen molar-refractivity contribution in [3.8, 4) is 5.75 Å². The number of hydrogen-bond acceptors (Lipinski definition) is 3. The van der Waals surface area contributed by atoms with Crippen molar-refractivity contribution in [1.29, 1.82) is 0 Å². The third kappa shape index (κ3) is 3.51. The van der Waals surface area contributed by atoms with Gasteiger partial charge in [-0.15, -0.1) is 11.3 Å². The summed E-state index contributed by atoms with van der Waals surface area (Å²) in [4.78, 5) is 12.4. The van der Waals surface area contributed by atoms with Crippen molar-refractivity contribution in [2.24, 2.45) is 0 Å². The van der Waals surface area contributed by atoms with E-state index in [0.717, 1.165) is 0 Å². The van der Waals surface area contributed by atoms with Gasteiger partial charge in [0.05, 0.1) is 5.69 Å². The predicted molar refractivity (Wildman–Crippen MR) is 73.0 cm³/mol. The number of halogens is 3. The number of thiophene rings is 1. The van der Waals surface area contributed by atoms with Gasteiger partial charge in [-0.3, -0.25) is 4.79 Å². The highest BCUT2D eigenvalue weighted by atomic mass is 79.9. The van der Waals surface area contributed by atoms with Gasteiger partial charge in [-0.2, -0.15) is 8.78 Å². The second-order valence-electron chi connectivity index (χ2n) is 3.43. The number of carbonyl (C=O) groups excluding carboxylic acids is 1. The third-order valence-corrected chi connectivity index (χ3v) is 4.01. The molecule has 1 N–H and O–H groups in total. The molecule has 0 aliphatic rings. The molecule has 0 atom stereocenters. The second kappa shape index (κ2) is 6.12. The lowest BCUT2D eigenvalue weighted by Gasteiger charge is -2.11. The molecule has 1 aromatic heterocycles.